The Morgan fingerprint density at radius 1 is 1.11 bits per heavy atom. The van der Waals surface area contributed by atoms with Crippen LogP contribution < -0.4 is 10.0 Å². The van der Waals surface area contributed by atoms with Crippen LogP contribution in [-0.2, 0) is 20.2 Å². The molecule has 28 heavy (non-hydrogen) atoms. The lowest BCUT2D eigenvalue weighted by Crippen LogP contribution is -2.34. The number of nitrogens with one attached hydrogen (secondary N) is 2. The molecule has 0 bridgehead atoms. The second kappa shape index (κ2) is 7.89. The Hall–Kier alpha value is -2.44. The van der Waals surface area contributed by atoms with Crippen LogP contribution in [0.1, 0.15) is 49.4 Å². The van der Waals surface area contributed by atoms with Gasteiger partial charge in [0.2, 0.25) is 15.9 Å². The van der Waals surface area contributed by atoms with Gasteiger partial charge in [-0.15, -0.1) is 0 Å². The number of carbonyl (C=O) groups excluding carboxylic acids is 1. The third-order valence-electron chi connectivity index (χ3n) is 5.33. The van der Waals surface area contributed by atoms with Crippen molar-refractivity contribution < 1.29 is 13.2 Å². The Morgan fingerprint density at radius 3 is 2.46 bits per heavy atom. The third-order valence-corrected chi connectivity index (χ3v) is 6.76. The molecule has 1 aliphatic carbocycles. The number of benzene rings is 2. The lowest BCUT2D eigenvalue weighted by atomic mass is 9.71. The van der Waals surface area contributed by atoms with E-state index in [2.05, 4.69) is 36.0 Å². The smallest absolute Gasteiger partial charge is 0.244 e. The Kier molecular flexibility index (Phi) is 5.72. The minimum absolute atomic E-state index is 0.00419. The molecule has 0 saturated heterocycles. The van der Waals surface area contributed by atoms with Crippen LogP contribution in [-0.4, -0.2) is 21.4 Å². The molecule has 2 N–H and O–H groups in total. The van der Waals surface area contributed by atoms with Crippen molar-refractivity contribution in [2.75, 3.05) is 7.05 Å². The molecule has 0 spiro atoms. The number of hydrogen-bond donors (Lipinski definition) is 2. The summed E-state index contributed by atoms with van der Waals surface area (Å²) < 4.78 is 25.8. The van der Waals surface area contributed by atoms with Crippen molar-refractivity contribution in [3.63, 3.8) is 0 Å². The van der Waals surface area contributed by atoms with Gasteiger partial charge in [-0.05, 0) is 60.2 Å². The van der Waals surface area contributed by atoms with Crippen molar-refractivity contribution in [2.45, 2.75) is 43.0 Å². The molecule has 1 unspecified atom stereocenters. The lowest BCUT2D eigenvalue weighted by Gasteiger charge is -2.37. The zero-order chi connectivity index (χ0) is 20.4. The van der Waals surface area contributed by atoms with Gasteiger partial charge < -0.3 is 5.32 Å². The zero-order valence-corrected chi connectivity index (χ0v) is 17.2. The number of carbonyl (C=O) groups is 1. The molecule has 148 valence electrons. The van der Waals surface area contributed by atoms with E-state index >= 15 is 0 Å². The maximum atomic E-state index is 12.4. The molecule has 3 rings (SSSR count). The molecule has 0 fully saturated rings. The normalized spacial score (nSPS) is 18.6. The molecule has 1 amide bonds. The van der Waals surface area contributed by atoms with E-state index in [0.29, 0.717) is 0 Å². The number of hydrogen-bond acceptors (Lipinski definition) is 3. The predicted octanol–water partition coefficient (Wildman–Crippen LogP) is 3.54. The van der Waals surface area contributed by atoms with Crippen LogP contribution in [0.4, 0.5) is 0 Å². The summed E-state index contributed by atoms with van der Waals surface area (Å²) in [6.45, 7) is 4.48. The molecule has 2 aromatic rings. The highest BCUT2D eigenvalue weighted by molar-refractivity contribution is 7.89. The molecule has 1 aliphatic rings. The van der Waals surface area contributed by atoms with Crippen molar-refractivity contribution in [1.82, 2.24) is 10.0 Å². The van der Waals surface area contributed by atoms with Crippen LogP contribution >= 0.6 is 0 Å². The average molecular weight is 399 g/mol. The van der Waals surface area contributed by atoms with E-state index in [9.17, 15) is 13.2 Å². The van der Waals surface area contributed by atoms with Crippen LogP contribution in [0.25, 0.3) is 6.08 Å². The van der Waals surface area contributed by atoms with Gasteiger partial charge in [0.25, 0.3) is 0 Å². The molecular formula is C22H26N2O3S. The summed E-state index contributed by atoms with van der Waals surface area (Å²) in [6, 6.07) is 14.7. The Bertz CT molecular complexity index is 993. The summed E-state index contributed by atoms with van der Waals surface area (Å²) in [6.07, 6.45) is 5.09. The van der Waals surface area contributed by atoms with Gasteiger partial charge in [0.05, 0.1) is 10.9 Å². The van der Waals surface area contributed by atoms with E-state index in [-0.39, 0.29) is 22.3 Å². The molecular weight excluding hydrogens is 372 g/mol. The van der Waals surface area contributed by atoms with Gasteiger partial charge in [-0.1, -0.05) is 50.2 Å². The van der Waals surface area contributed by atoms with Crippen LogP contribution in [0, 0.1) is 0 Å². The number of amides is 1. The summed E-state index contributed by atoms with van der Waals surface area (Å²) in [7, 11) is -2.08. The molecule has 0 aromatic heterocycles. The highest BCUT2D eigenvalue weighted by Gasteiger charge is 2.32. The maximum absolute atomic E-state index is 12.4. The van der Waals surface area contributed by atoms with E-state index in [1.165, 1.54) is 36.4 Å². The molecule has 5 nitrogen and oxygen atoms in total. The van der Waals surface area contributed by atoms with Gasteiger partial charge in [-0.2, -0.15) is 0 Å². The van der Waals surface area contributed by atoms with Gasteiger partial charge in [-0.3, -0.25) is 4.79 Å². The minimum atomic E-state index is -3.46. The van der Waals surface area contributed by atoms with Gasteiger partial charge in [0.1, 0.15) is 0 Å². The molecule has 2 aromatic carbocycles. The van der Waals surface area contributed by atoms with Crippen molar-refractivity contribution in [2.24, 2.45) is 0 Å². The second-order valence-corrected chi connectivity index (χ2v) is 9.57. The lowest BCUT2D eigenvalue weighted by molar-refractivity contribution is -0.117. The van der Waals surface area contributed by atoms with Crippen molar-refractivity contribution >= 4 is 22.0 Å². The van der Waals surface area contributed by atoms with Crippen LogP contribution in [0.2, 0.25) is 0 Å². The fraction of sp³-hybridized carbons (Fsp3) is 0.318. The molecule has 6 heteroatoms. The first kappa shape index (κ1) is 20.3. The molecule has 0 heterocycles. The number of rotatable bonds is 5. The van der Waals surface area contributed by atoms with Crippen molar-refractivity contribution in [3.05, 3.63) is 71.3 Å². The number of sulfonamides is 1. The summed E-state index contributed by atoms with van der Waals surface area (Å²) in [5, 5.41) is 3.10. The second-order valence-electron chi connectivity index (χ2n) is 7.68. The summed E-state index contributed by atoms with van der Waals surface area (Å²) >= 11 is 0. The van der Waals surface area contributed by atoms with Gasteiger partial charge >= 0.3 is 0 Å². The van der Waals surface area contributed by atoms with Crippen molar-refractivity contribution in [1.29, 1.82) is 0 Å². The van der Waals surface area contributed by atoms with Crippen molar-refractivity contribution in [3.8, 4) is 0 Å². The summed E-state index contributed by atoms with van der Waals surface area (Å²) in [4.78, 5) is 12.6. The fourth-order valence-electron chi connectivity index (χ4n) is 3.63. The summed E-state index contributed by atoms with van der Waals surface area (Å²) in [5.41, 5.74) is 3.35. The van der Waals surface area contributed by atoms with Gasteiger partial charge in [-0.25, -0.2) is 13.1 Å². The third kappa shape index (κ3) is 4.34. The average Bonchev–Trinajstić information content (AvgIpc) is 2.69. The molecule has 0 radical (unpaired) electrons. The SMILES string of the molecule is CNS(=O)(=O)c1ccc(C=CC(=O)NC2CCC(C)(C)c3ccccc32)cc1. The largest absolute Gasteiger partial charge is 0.346 e. The molecule has 1 atom stereocenters. The predicted molar refractivity (Wildman–Crippen MR) is 111 cm³/mol. The highest BCUT2D eigenvalue weighted by atomic mass is 32.2. The Morgan fingerprint density at radius 2 is 1.79 bits per heavy atom. The van der Waals surface area contributed by atoms with Crippen LogP contribution in [0.15, 0.2) is 59.5 Å². The first-order valence-electron chi connectivity index (χ1n) is 9.34. The van der Waals surface area contributed by atoms with E-state index in [4.69, 9.17) is 0 Å². The topological polar surface area (TPSA) is 75.3 Å². The first-order chi connectivity index (χ1) is 13.2. The monoisotopic (exact) mass is 398 g/mol. The minimum Gasteiger partial charge on any atom is -0.346 e. The van der Waals surface area contributed by atoms with E-state index < -0.39 is 10.0 Å². The Balaban J connectivity index is 1.69. The first-order valence-corrected chi connectivity index (χ1v) is 10.8. The quantitative estimate of drug-likeness (QED) is 0.757. The highest BCUT2D eigenvalue weighted by Crippen LogP contribution is 2.41. The van der Waals surface area contributed by atoms with Gasteiger partial charge in [0.15, 0.2) is 0 Å². The maximum Gasteiger partial charge on any atom is 0.244 e. The van der Waals surface area contributed by atoms with E-state index in [1.54, 1.807) is 18.2 Å². The van der Waals surface area contributed by atoms with Crippen LogP contribution in [0.5, 0.6) is 0 Å². The van der Waals surface area contributed by atoms with Crippen LogP contribution in [0.3, 0.4) is 0 Å². The van der Waals surface area contributed by atoms with E-state index in [0.717, 1.165) is 18.4 Å². The van der Waals surface area contributed by atoms with Gasteiger partial charge in [0, 0.05) is 6.08 Å². The van der Waals surface area contributed by atoms with E-state index in [1.807, 2.05) is 12.1 Å². The molecule has 0 saturated carbocycles. The zero-order valence-electron chi connectivity index (χ0n) is 16.4. The molecule has 0 aliphatic heterocycles. The fourth-order valence-corrected chi connectivity index (χ4v) is 4.36. The standard InChI is InChI=1S/C22H26N2O3S/c1-22(2)15-14-20(18-6-4-5-7-19(18)22)24-21(25)13-10-16-8-11-17(12-9-16)28(26,27)23-3/h4-13,20,23H,14-15H2,1-3H3,(H,24,25). The number of fused-ring (bicyclic) bond motifs is 1. The summed E-state index contributed by atoms with van der Waals surface area (Å²) in [5.74, 6) is -0.161. The Labute approximate surface area is 166 Å².